The lowest BCUT2D eigenvalue weighted by Crippen LogP contribution is -2.35. The van der Waals surface area contributed by atoms with Gasteiger partial charge in [-0.15, -0.1) is 28.1 Å². The summed E-state index contributed by atoms with van der Waals surface area (Å²) in [6.45, 7) is 32.4. The van der Waals surface area contributed by atoms with Crippen molar-refractivity contribution in [3.05, 3.63) is 86.0 Å². The Morgan fingerprint density at radius 2 is 0.949 bits per heavy atom. The fourth-order valence-electron chi connectivity index (χ4n) is 6.46. The van der Waals surface area contributed by atoms with Gasteiger partial charge in [-0.25, -0.2) is 9.13 Å². The minimum absolute atomic E-state index is 0.230. The minimum atomic E-state index is 0.230. The van der Waals surface area contributed by atoms with E-state index in [2.05, 4.69) is 151 Å². The van der Waals surface area contributed by atoms with E-state index in [1.807, 2.05) is 91.4 Å². The molecule has 12 nitrogen and oxygen atoms in total. The van der Waals surface area contributed by atoms with Gasteiger partial charge in [0, 0.05) is 10.2 Å². The molecule has 12 heteroatoms. The number of rotatable bonds is 16. The molecule has 0 N–H and O–H groups in total. The third kappa shape index (κ3) is 24.5. The SMILES string of the molecule is CCC[n+]1ccn(CCCC(C)(C)c2ccccc2)n1.C[n+]1ccn(CCCC(C)(C)C)n1.C[n+]1cnn(CCCC(C)(C)C)c1.C[n+]1cnn(CCCC(C)(C)C)c1. The minimum Gasteiger partial charge on any atom is -0.240 e. The number of aromatic nitrogens is 12. The lowest BCUT2D eigenvalue weighted by atomic mass is 9.80. The summed E-state index contributed by atoms with van der Waals surface area (Å²) >= 11 is 0. The average Bonchev–Trinajstić information content (AvgIpc) is 3.95. The second-order valence-electron chi connectivity index (χ2n) is 20.5. The average molecular weight is 819 g/mol. The number of benzene rings is 1. The Kier molecular flexibility index (Phi) is 21.4. The summed E-state index contributed by atoms with van der Waals surface area (Å²) in [4.78, 5) is 0. The van der Waals surface area contributed by atoms with Gasteiger partial charge in [-0.05, 0) is 85.0 Å². The molecule has 0 atom stereocenters. The second-order valence-corrected chi connectivity index (χ2v) is 20.5. The van der Waals surface area contributed by atoms with Crippen molar-refractivity contribution in [2.75, 3.05) is 0 Å². The van der Waals surface area contributed by atoms with Gasteiger partial charge in [0.25, 0.3) is 12.7 Å². The Morgan fingerprint density at radius 3 is 1.34 bits per heavy atom. The third-order valence-corrected chi connectivity index (χ3v) is 9.89. The molecule has 5 aromatic rings. The molecule has 0 fully saturated rings. The van der Waals surface area contributed by atoms with Crippen molar-refractivity contribution < 1.29 is 18.5 Å². The van der Waals surface area contributed by atoms with Crippen molar-refractivity contribution in [1.29, 1.82) is 0 Å². The number of nitrogens with zero attached hydrogens (tertiary/aromatic N) is 12. The fourth-order valence-corrected chi connectivity index (χ4v) is 6.46. The molecular weight excluding hydrogens is 733 g/mol. The molecule has 330 valence electrons. The van der Waals surface area contributed by atoms with E-state index < -0.39 is 0 Å². The van der Waals surface area contributed by atoms with Crippen LogP contribution in [0.4, 0.5) is 0 Å². The molecule has 0 spiro atoms. The highest BCUT2D eigenvalue weighted by Gasteiger charge is 2.20. The van der Waals surface area contributed by atoms with E-state index in [1.54, 1.807) is 0 Å². The monoisotopic (exact) mass is 819 g/mol. The van der Waals surface area contributed by atoms with Crippen LogP contribution in [0.2, 0.25) is 0 Å². The van der Waals surface area contributed by atoms with Gasteiger partial charge in [-0.1, -0.05) is 113 Å². The first-order valence-electron chi connectivity index (χ1n) is 22.2. The second kappa shape index (κ2) is 24.8. The number of hydrogen-bond donors (Lipinski definition) is 0. The zero-order valence-electron chi connectivity index (χ0n) is 40.3. The van der Waals surface area contributed by atoms with Crippen molar-refractivity contribution in [3.8, 4) is 0 Å². The highest BCUT2D eigenvalue weighted by atomic mass is 15.5. The maximum Gasteiger partial charge on any atom is 0.264 e. The normalized spacial score (nSPS) is 11.9. The molecule has 0 aliphatic heterocycles. The molecule has 4 aromatic heterocycles. The van der Waals surface area contributed by atoms with Crippen LogP contribution in [-0.4, -0.2) is 39.4 Å². The van der Waals surface area contributed by atoms with E-state index in [4.69, 9.17) is 0 Å². The first-order chi connectivity index (χ1) is 27.5. The molecule has 0 aliphatic carbocycles. The van der Waals surface area contributed by atoms with Crippen molar-refractivity contribution >= 4 is 0 Å². The van der Waals surface area contributed by atoms with Gasteiger partial charge in [-0.2, -0.15) is 0 Å². The fraction of sp³-hybridized carbons (Fsp3) is 0.702. The summed E-state index contributed by atoms with van der Waals surface area (Å²) in [6, 6.07) is 10.8. The van der Waals surface area contributed by atoms with Gasteiger partial charge < -0.3 is 0 Å². The van der Waals surface area contributed by atoms with Gasteiger partial charge in [0.1, 0.15) is 39.8 Å². The van der Waals surface area contributed by atoms with Gasteiger partial charge in [-0.3, -0.25) is 0 Å². The van der Waals surface area contributed by atoms with E-state index in [0.717, 1.165) is 45.6 Å². The Bertz CT molecular complexity index is 1670. The molecule has 0 aliphatic rings. The van der Waals surface area contributed by atoms with Crippen LogP contribution in [0.15, 0.2) is 80.4 Å². The third-order valence-electron chi connectivity index (χ3n) is 9.89. The smallest absolute Gasteiger partial charge is 0.240 e. The van der Waals surface area contributed by atoms with Gasteiger partial charge in [0.15, 0.2) is 24.8 Å². The summed E-state index contributed by atoms with van der Waals surface area (Å²) in [5.74, 6) is 0. The van der Waals surface area contributed by atoms with E-state index in [1.165, 1.54) is 50.5 Å². The van der Waals surface area contributed by atoms with Gasteiger partial charge in [0.05, 0.1) is 24.5 Å². The van der Waals surface area contributed by atoms with Crippen LogP contribution >= 0.6 is 0 Å². The molecule has 0 unspecified atom stereocenters. The van der Waals surface area contributed by atoms with Crippen molar-refractivity contribution in [1.82, 2.24) is 39.4 Å². The zero-order valence-corrected chi connectivity index (χ0v) is 40.3. The van der Waals surface area contributed by atoms with Crippen LogP contribution in [-0.2, 0) is 59.3 Å². The quantitative estimate of drug-likeness (QED) is 0.0947. The standard InChI is InChI=1S/C17H26N3.3C10H20N3/c1-4-12-19-14-15-20(18-19)13-8-11-17(2,3)16-9-6-5-7-10-16;2*1-10(2,3)6-5-7-13-9-12(4)8-11-13;1-10(2,3)6-5-7-13-9-8-12(4)11-13/h5-7,9-10,14-15H,4,8,11-13H2,1-3H3;3*8-9H,5-7H2,1-4H3/q4*+1. The maximum atomic E-state index is 4.53. The largest absolute Gasteiger partial charge is 0.264 e. The van der Waals surface area contributed by atoms with Crippen molar-refractivity contribution in [2.45, 2.75) is 179 Å². The summed E-state index contributed by atoms with van der Waals surface area (Å²) in [5.41, 5.74) is 2.97. The Hall–Kier alpha value is -4.22. The molecule has 0 radical (unpaired) electrons. The predicted molar refractivity (Wildman–Crippen MR) is 238 cm³/mol. The predicted octanol–water partition coefficient (Wildman–Crippen LogP) is 7.94. The molecule has 4 heterocycles. The molecule has 0 amide bonds. The summed E-state index contributed by atoms with van der Waals surface area (Å²) in [5, 5.41) is 17.2. The number of aryl methyl sites for hydroxylation is 8. The van der Waals surface area contributed by atoms with Gasteiger partial charge in [0.2, 0.25) is 12.7 Å². The Balaban J connectivity index is 0.000000277. The Morgan fingerprint density at radius 1 is 0.525 bits per heavy atom. The molecule has 59 heavy (non-hydrogen) atoms. The lowest BCUT2D eigenvalue weighted by Gasteiger charge is -2.24. The summed E-state index contributed by atoms with van der Waals surface area (Å²) in [7, 11) is 5.93. The lowest BCUT2D eigenvalue weighted by molar-refractivity contribution is -0.755. The van der Waals surface area contributed by atoms with Crippen LogP contribution in [0.1, 0.15) is 146 Å². The van der Waals surface area contributed by atoms with Crippen LogP contribution in [0, 0.1) is 16.2 Å². The highest BCUT2D eigenvalue weighted by molar-refractivity contribution is 5.23. The van der Waals surface area contributed by atoms with Crippen LogP contribution in [0.25, 0.3) is 0 Å². The summed E-state index contributed by atoms with van der Waals surface area (Å²) < 4.78 is 15.8. The molecule has 0 saturated carbocycles. The molecule has 0 saturated heterocycles. The van der Waals surface area contributed by atoms with Crippen molar-refractivity contribution in [2.24, 2.45) is 37.4 Å². The van der Waals surface area contributed by atoms with Gasteiger partial charge >= 0.3 is 0 Å². The zero-order chi connectivity index (χ0) is 44.1. The van der Waals surface area contributed by atoms with E-state index in [-0.39, 0.29) is 5.41 Å². The highest BCUT2D eigenvalue weighted by Crippen LogP contribution is 2.28. The maximum absolute atomic E-state index is 4.53. The molecule has 5 rings (SSSR count). The molecule has 0 bridgehead atoms. The van der Waals surface area contributed by atoms with Crippen molar-refractivity contribution in [3.63, 3.8) is 0 Å². The Labute approximate surface area is 359 Å². The molecular formula is C47H86N12+4. The first-order valence-corrected chi connectivity index (χ1v) is 22.2. The topological polar surface area (TPSA) is 86.8 Å². The van der Waals surface area contributed by atoms with E-state index in [0.29, 0.717) is 16.2 Å². The molecule has 1 aromatic carbocycles. The summed E-state index contributed by atoms with van der Waals surface area (Å²) in [6.07, 6.45) is 26.6. The van der Waals surface area contributed by atoms with E-state index >= 15 is 0 Å². The first kappa shape index (κ1) is 50.9. The van der Waals surface area contributed by atoms with E-state index in [9.17, 15) is 0 Å². The van der Waals surface area contributed by atoms with Crippen LogP contribution < -0.4 is 18.5 Å². The van der Waals surface area contributed by atoms with Crippen LogP contribution in [0.5, 0.6) is 0 Å². The van der Waals surface area contributed by atoms with Crippen LogP contribution in [0.3, 0.4) is 0 Å². The number of hydrogen-bond acceptors (Lipinski definition) is 4.